The zero-order valence-electron chi connectivity index (χ0n) is 18.3. The lowest BCUT2D eigenvalue weighted by atomic mass is 9.78. The lowest BCUT2D eigenvalue weighted by molar-refractivity contribution is -0.117. The molecule has 3 heterocycles. The van der Waals surface area contributed by atoms with Gasteiger partial charge in [-0.3, -0.25) is 9.59 Å². The summed E-state index contributed by atoms with van der Waals surface area (Å²) in [5, 5.41) is 0. The Hall–Kier alpha value is -2.58. The van der Waals surface area contributed by atoms with Crippen LogP contribution in [0.4, 0.5) is 11.4 Å². The second-order valence-electron chi connectivity index (χ2n) is 8.97. The van der Waals surface area contributed by atoms with Gasteiger partial charge in [0, 0.05) is 13.5 Å². The van der Waals surface area contributed by atoms with E-state index >= 15 is 0 Å². The maximum atomic E-state index is 13.2. The summed E-state index contributed by atoms with van der Waals surface area (Å²) >= 11 is 0. The second kappa shape index (κ2) is 6.99. The number of amides is 2. The first kappa shape index (κ1) is 20.7. The molecule has 1 saturated heterocycles. The quantitative estimate of drug-likeness (QED) is 0.712. The number of hydrogen-bond acceptors (Lipinski definition) is 5. The fraction of sp³-hybridized carbons (Fsp3) is 0.455. The third-order valence-electron chi connectivity index (χ3n) is 6.28. The topological polar surface area (TPSA) is 72.2 Å². The Labute approximate surface area is 177 Å². The minimum Gasteiger partial charge on any atom is -0.459 e. The van der Waals surface area contributed by atoms with Crippen LogP contribution in [0.2, 0.25) is 0 Å². The van der Waals surface area contributed by atoms with Crippen LogP contribution in [0, 0.1) is 0 Å². The number of carbonyl (C=O) groups excluding carboxylic acids is 2. The standard InChI is InChI=1S/C22H27BN2O5/c1-14-13-24(20(27)19-8-7-11-28-19)18-12-16(9-10-17(18)25(14)15(2)26)23-29-21(3,4)22(5,6)30-23/h7-12,14H,13H2,1-6H3. The van der Waals surface area contributed by atoms with Crippen LogP contribution in [0.3, 0.4) is 0 Å². The largest absolute Gasteiger partial charge is 0.494 e. The number of rotatable bonds is 2. The maximum absolute atomic E-state index is 13.2. The van der Waals surface area contributed by atoms with E-state index in [1.54, 1.807) is 21.9 Å². The third kappa shape index (κ3) is 3.24. The Bertz CT molecular complexity index is 969. The summed E-state index contributed by atoms with van der Waals surface area (Å²) in [5.41, 5.74) is 1.16. The summed E-state index contributed by atoms with van der Waals surface area (Å²) < 4.78 is 17.7. The van der Waals surface area contributed by atoms with Gasteiger partial charge in [-0.1, -0.05) is 6.07 Å². The van der Waals surface area contributed by atoms with E-state index in [1.807, 2.05) is 52.8 Å². The molecule has 1 fully saturated rings. The van der Waals surface area contributed by atoms with Gasteiger partial charge < -0.3 is 23.5 Å². The smallest absolute Gasteiger partial charge is 0.459 e. The summed E-state index contributed by atoms with van der Waals surface area (Å²) in [6.45, 7) is 11.8. The molecule has 2 aliphatic heterocycles. The number of anilines is 2. The van der Waals surface area contributed by atoms with Crippen molar-refractivity contribution in [3.8, 4) is 0 Å². The van der Waals surface area contributed by atoms with Gasteiger partial charge in [0.25, 0.3) is 5.91 Å². The summed E-state index contributed by atoms with van der Waals surface area (Å²) in [5.74, 6) is -0.0648. The molecule has 4 rings (SSSR count). The Morgan fingerprint density at radius 1 is 1.07 bits per heavy atom. The van der Waals surface area contributed by atoms with Gasteiger partial charge in [0.2, 0.25) is 5.91 Å². The van der Waals surface area contributed by atoms with E-state index in [0.29, 0.717) is 17.9 Å². The van der Waals surface area contributed by atoms with Gasteiger partial charge in [-0.15, -0.1) is 0 Å². The molecule has 0 saturated carbocycles. The molecule has 1 aromatic heterocycles. The van der Waals surface area contributed by atoms with Gasteiger partial charge in [0.15, 0.2) is 5.76 Å². The number of nitrogens with zero attached hydrogens (tertiary/aromatic N) is 2. The summed E-state index contributed by atoms with van der Waals surface area (Å²) in [6, 6.07) is 8.78. The van der Waals surface area contributed by atoms with E-state index in [1.165, 1.54) is 13.2 Å². The molecule has 2 aliphatic rings. The number of benzene rings is 1. The molecule has 7 nitrogen and oxygen atoms in total. The zero-order valence-corrected chi connectivity index (χ0v) is 18.3. The highest BCUT2D eigenvalue weighted by Gasteiger charge is 2.52. The van der Waals surface area contributed by atoms with Gasteiger partial charge in [0.05, 0.1) is 34.9 Å². The average Bonchev–Trinajstić information content (AvgIpc) is 3.26. The van der Waals surface area contributed by atoms with Gasteiger partial charge in [0.1, 0.15) is 0 Å². The number of furan rings is 1. The van der Waals surface area contributed by atoms with Crippen molar-refractivity contribution in [3.63, 3.8) is 0 Å². The Morgan fingerprint density at radius 3 is 2.30 bits per heavy atom. The van der Waals surface area contributed by atoms with E-state index in [0.717, 1.165) is 5.46 Å². The van der Waals surface area contributed by atoms with Crippen LogP contribution in [0.1, 0.15) is 52.1 Å². The summed E-state index contributed by atoms with van der Waals surface area (Å²) in [7, 11) is -0.564. The molecule has 1 unspecified atom stereocenters. The van der Waals surface area contributed by atoms with E-state index in [9.17, 15) is 9.59 Å². The van der Waals surface area contributed by atoms with Crippen LogP contribution in [0.5, 0.6) is 0 Å². The first-order valence-electron chi connectivity index (χ1n) is 10.2. The molecule has 0 N–H and O–H groups in total. The van der Waals surface area contributed by atoms with Crippen LogP contribution < -0.4 is 15.3 Å². The minimum absolute atomic E-state index is 0.0720. The highest BCUT2D eigenvalue weighted by Crippen LogP contribution is 2.39. The molecular formula is C22H27BN2O5. The van der Waals surface area contributed by atoms with Crippen LogP contribution >= 0.6 is 0 Å². The fourth-order valence-corrected chi connectivity index (χ4v) is 3.97. The van der Waals surface area contributed by atoms with Crippen molar-refractivity contribution < 1.29 is 23.3 Å². The summed E-state index contributed by atoms with van der Waals surface area (Å²) in [6.07, 6.45) is 1.48. The zero-order chi connectivity index (χ0) is 21.8. The monoisotopic (exact) mass is 410 g/mol. The average molecular weight is 410 g/mol. The predicted molar refractivity (Wildman–Crippen MR) is 115 cm³/mol. The highest BCUT2D eigenvalue weighted by molar-refractivity contribution is 6.62. The van der Waals surface area contributed by atoms with Crippen LogP contribution in [-0.2, 0) is 14.1 Å². The van der Waals surface area contributed by atoms with Crippen LogP contribution in [0.25, 0.3) is 0 Å². The second-order valence-corrected chi connectivity index (χ2v) is 8.97. The molecule has 0 spiro atoms. The molecule has 0 radical (unpaired) electrons. The first-order valence-corrected chi connectivity index (χ1v) is 10.2. The lowest BCUT2D eigenvalue weighted by Crippen LogP contribution is -2.52. The molecule has 2 amide bonds. The lowest BCUT2D eigenvalue weighted by Gasteiger charge is -2.40. The van der Waals surface area contributed by atoms with E-state index in [-0.39, 0.29) is 23.6 Å². The molecular weight excluding hydrogens is 383 g/mol. The molecule has 1 aromatic carbocycles. The predicted octanol–water partition coefficient (Wildman–Crippen LogP) is 2.98. The Balaban J connectivity index is 1.78. The van der Waals surface area contributed by atoms with Crippen molar-refractivity contribution in [2.24, 2.45) is 0 Å². The van der Waals surface area contributed by atoms with Crippen molar-refractivity contribution in [1.29, 1.82) is 0 Å². The van der Waals surface area contributed by atoms with E-state index in [2.05, 4.69) is 0 Å². The SMILES string of the molecule is CC(=O)N1c2ccc(B3OC(C)(C)C(C)(C)O3)cc2N(C(=O)c2ccco2)CC1C. The molecule has 1 atom stereocenters. The first-order chi connectivity index (χ1) is 14.0. The molecule has 2 aromatic rings. The van der Waals surface area contributed by atoms with Crippen molar-refractivity contribution in [2.45, 2.75) is 58.8 Å². The minimum atomic E-state index is -0.564. The van der Waals surface area contributed by atoms with Crippen molar-refractivity contribution in [3.05, 3.63) is 42.4 Å². The van der Waals surface area contributed by atoms with Crippen molar-refractivity contribution in [1.82, 2.24) is 0 Å². The van der Waals surface area contributed by atoms with Gasteiger partial charge >= 0.3 is 7.12 Å². The Morgan fingerprint density at radius 2 is 1.73 bits per heavy atom. The number of carbonyl (C=O) groups is 2. The van der Waals surface area contributed by atoms with Crippen molar-refractivity contribution in [2.75, 3.05) is 16.3 Å². The molecule has 158 valence electrons. The molecule has 0 aliphatic carbocycles. The summed E-state index contributed by atoms with van der Waals surface area (Å²) in [4.78, 5) is 28.9. The fourth-order valence-electron chi connectivity index (χ4n) is 3.97. The Kier molecular flexibility index (Phi) is 4.82. The number of hydrogen-bond donors (Lipinski definition) is 0. The molecule has 0 bridgehead atoms. The number of fused-ring (bicyclic) bond motifs is 1. The van der Waals surface area contributed by atoms with Gasteiger partial charge in [-0.05, 0) is 64.3 Å². The maximum Gasteiger partial charge on any atom is 0.494 e. The van der Waals surface area contributed by atoms with Crippen LogP contribution in [0.15, 0.2) is 41.0 Å². The highest BCUT2D eigenvalue weighted by atomic mass is 16.7. The molecule has 30 heavy (non-hydrogen) atoms. The van der Waals surface area contributed by atoms with Gasteiger partial charge in [-0.25, -0.2) is 0 Å². The van der Waals surface area contributed by atoms with Crippen molar-refractivity contribution >= 4 is 35.8 Å². The van der Waals surface area contributed by atoms with E-state index < -0.39 is 18.3 Å². The van der Waals surface area contributed by atoms with Gasteiger partial charge in [-0.2, -0.15) is 0 Å². The van der Waals surface area contributed by atoms with E-state index in [4.69, 9.17) is 13.7 Å². The molecule has 8 heteroatoms. The third-order valence-corrected chi connectivity index (χ3v) is 6.28. The van der Waals surface area contributed by atoms with Crippen LogP contribution in [-0.4, -0.2) is 42.7 Å². The normalized spacial score (nSPS) is 22.2.